The molecule has 0 fully saturated rings. The highest BCUT2D eigenvalue weighted by Gasteiger charge is 2.13. The van der Waals surface area contributed by atoms with E-state index >= 15 is 0 Å². The predicted molar refractivity (Wildman–Crippen MR) is 126 cm³/mol. The average Bonchev–Trinajstić information content (AvgIpc) is 3.15. The van der Waals surface area contributed by atoms with Crippen molar-refractivity contribution < 1.29 is 9.59 Å². The Kier molecular flexibility index (Phi) is 6.13. The number of carbonyl (C=O) groups is 2. The SMILES string of the molecule is Cn1nc(-c2ccc(NC(=O)C3=CCCC=C3)cc2)cc1NC(=O)c1cccc(Br)c1. The fourth-order valence-electron chi connectivity index (χ4n) is 3.25. The van der Waals surface area contributed by atoms with Gasteiger partial charge in [-0.25, -0.2) is 0 Å². The Labute approximate surface area is 188 Å². The van der Waals surface area contributed by atoms with E-state index in [1.165, 1.54) is 0 Å². The molecule has 156 valence electrons. The van der Waals surface area contributed by atoms with E-state index in [1.54, 1.807) is 23.9 Å². The smallest absolute Gasteiger partial charge is 0.256 e. The zero-order chi connectivity index (χ0) is 21.8. The highest BCUT2D eigenvalue weighted by Crippen LogP contribution is 2.24. The van der Waals surface area contributed by atoms with Gasteiger partial charge < -0.3 is 10.6 Å². The minimum absolute atomic E-state index is 0.112. The number of hydrogen-bond acceptors (Lipinski definition) is 3. The quantitative estimate of drug-likeness (QED) is 0.523. The van der Waals surface area contributed by atoms with E-state index in [0.29, 0.717) is 22.6 Å². The maximum Gasteiger partial charge on any atom is 0.256 e. The van der Waals surface area contributed by atoms with Gasteiger partial charge in [-0.1, -0.05) is 52.4 Å². The van der Waals surface area contributed by atoms with Gasteiger partial charge in [-0.3, -0.25) is 14.3 Å². The topological polar surface area (TPSA) is 76.0 Å². The summed E-state index contributed by atoms with van der Waals surface area (Å²) in [6, 6.07) is 16.5. The molecule has 0 spiro atoms. The van der Waals surface area contributed by atoms with Crippen LogP contribution in [0.4, 0.5) is 11.5 Å². The van der Waals surface area contributed by atoms with Gasteiger partial charge in [0.1, 0.15) is 5.82 Å². The van der Waals surface area contributed by atoms with E-state index in [4.69, 9.17) is 0 Å². The van der Waals surface area contributed by atoms with Crippen LogP contribution in [0.3, 0.4) is 0 Å². The van der Waals surface area contributed by atoms with Crippen LogP contribution in [0.2, 0.25) is 0 Å². The van der Waals surface area contributed by atoms with Gasteiger partial charge in [0.15, 0.2) is 0 Å². The van der Waals surface area contributed by atoms with Gasteiger partial charge in [0.2, 0.25) is 0 Å². The summed E-state index contributed by atoms with van der Waals surface area (Å²) in [5.41, 5.74) is 3.56. The molecule has 2 amide bonds. The lowest BCUT2D eigenvalue weighted by Crippen LogP contribution is -2.14. The average molecular weight is 477 g/mol. The molecule has 0 radical (unpaired) electrons. The molecule has 1 heterocycles. The van der Waals surface area contributed by atoms with E-state index in [0.717, 1.165) is 28.6 Å². The van der Waals surface area contributed by atoms with Gasteiger partial charge in [0, 0.05) is 40.0 Å². The first-order chi connectivity index (χ1) is 15.0. The molecule has 2 aromatic carbocycles. The molecule has 1 aliphatic carbocycles. The van der Waals surface area contributed by atoms with Crippen LogP contribution >= 0.6 is 15.9 Å². The van der Waals surface area contributed by atoms with Crippen molar-refractivity contribution in [3.8, 4) is 11.3 Å². The highest BCUT2D eigenvalue weighted by atomic mass is 79.9. The Balaban J connectivity index is 1.45. The maximum absolute atomic E-state index is 12.5. The standard InChI is InChI=1S/C24H21BrN4O2/c1-29-22(27-24(31)18-8-5-9-19(25)14-18)15-21(28-29)16-10-12-20(13-11-16)26-23(30)17-6-3-2-4-7-17/h3,5-15H,2,4H2,1H3,(H,26,30)(H,27,31). The van der Waals surface area contributed by atoms with Crippen LogP contribution in [0.25, 0.3) is 11.3 Å². The first-order valence-electron chi connectivity index (χ1n) is 9.89. The van der Waals surface area contributed by atoms with Gasteiger partial charge >= 0.3 is 0 Å². The number of aromatic nitrogens is 2. The van der Waals surface area contributed by atoms with Crippen LogP contribution < -0.4 is 10.6 Å². The van der Waals surface area contributed by atoms with E-state index in [2.05, 4.69) is 31.7 Å². The summed E-state index contributed by atoms with van der Waals surface area (Å²) in [5.74, 6) is 0.271. The fraction of sp³-hybridized carbons (Fsp3) is 0.125. The van der Waals surface area contributed by atoms with Gasteiger partial charge in [-0.05, 0) is 43.2 Å². The van der Waals surface area contributed by atoms with E-state index < -0.39 is 0 Å². The Morgan fingerprint density at radius 2 is 1.81 bits per heavy atom. The Morgan fingerprint density at radius 3 is 2.52 bits per heavy atom. The van der Waals surface area contributed by atoms with Crippen molar-refractivity contribution >= 4 is 39.2 Å². The third kappa shape index (κ3) is 5.00. The van der Waals surface area contributed by atoms with Crippen LogP contribution in [-0.4, -0.2) is 21.6 Å². The zero-order valence-electron chi connectivity index (χ0n) is 16.9. The van der Waals surface area contributed by atoms with Crippen molar-refractivity contribution in [2.24, 2.45) is 7.05 Å². The molecule has 0 bridgehead atoms. The van der Waals surface area contributed by atoms with E-state index in [1.807, 2.05) is 60.7 Å². The second-order valence-corrected chi connectivity index (χ2v) is 8.09. The number of allylic oxidation sites excluding steroid dienone is 2. The van der Waals surface area contributed by atoms with Crippen LogP contribution in [0, 0.1) is 0 Å². The van der Waals surface area contributed by atoms with Crippen molar-refractivity contribution in [1.82, 2.24) is 9.78 Å². The summed E-state index contributed by atoms with van der Waals surface area (Å²) in [6.45, 7) is 0. The van der Waals surface area contributed by atoms with E-state index in [-0.39, 0.29) is 11.8 Å². The zero-order valence-corrected chi connectivity index (χ0v) is 18.5. The van der Waals surface area contributed by atoms with Crippen LogP contribution in [0.1, 0.15) is 23.2 Å². The summed E-state index contributed by atoms with van der Waals surface area (Å²) >= 11 is 3.38. The number of nitrogens with zero attached hydrogens (tertiary/aromatic N) is 2. The second-order valence-electron chi connectivity index (χ2n) is 7.17. The number of amides is 2. The summed E-state index contributed by atoms with van der Waals surface area (Å²) in [4.78, 5) is 24.8. The number of benzene rings is 2. The lowest BCUT2D eigenvalue weighted by molar-refractivity contribution is -0.112. The molecule has 6 nitrogen and oxygen atoms in total. The van der Waals surface area contributed by atoms with Crippen LogP contribution in [-0.2, 0) is 11.8 Å². The van der Waals surface area contributed by atoms with Gasteiger partial charge in [0.05, 0.1) is 5.69 Å². The number of anilines is 2. The molecule has 0 aliphatic heterocycles. The molecule has 31 heavy (non-hydrogen) atoms. The molecule has 2 N–H and O–H groups in total. The van der Waals surface area contributed by atoms with Gasteiger partial charge in [-0.2, -0.15) is 5.10 Å². The molecule has 1 aromatic heterocycles. The number of aryl methyl sites for hydroxylation is 1. The number of carbonyl (C=O) groups excluding carboxylic acids is 2. The molecular formula is C24H21BrN4O2. The Morgan fingerprint density at radius 1 is 1.00 bits per heavy atom. The first kappa shape index (κ1) is 20.8. The molecule has 7 heteroatoms. The fourth-order valence-corrected chi connectivity index (χ4v) is 3.65. The highest BCUT2D eigenvalue weighted by molar-refractivity contribution is 9.10. The largest absolute Gasteiger partial charge is 0.322 e. The number of rotatable bonds is 5. The van der Waals surface area contributed by atoms with Crippen molar-refractivity contribution in [3.05, 3.63) is 88.4 Å². The van der Waals surface area contributed by atoms with Gasteiger partial charge in [-0.15, -0.1) is 0 Å². The van der Waals surface area contributed by atoms with Crippen molar-refractivity contribution in [2.75, 3.05) is 10.6 Å². The Hall–Kier alpha value is -3.45. The monoisotopic (exact) mass is 476 g/mol. The van der Waals surface area contributed by atoms with Crippen molar-refractivity contribution in [1.29, 1.82) is 0 Å². The van der Waals surface area contributed by atoms with Crippen molar-refractivity contribution in [3.63, 3.8) is 0 Å². The molecule has 0 atom stereocenters. The third-order valence-corrected chi connectivity index (χ3v) is 5.40. The molecule has 1 aliphatic rings. The molecule has 4 rings (SSSR count). The minimum Gasteiger partial charge on any atom is -0.322 e. The van der Waals surface area contributed by atoms with Crippen molar-refractivity contribution in [2.45, 2.75) is 12.8 Å². The normalized spacial score (nSPS) is 12.9. The number of nitrogens with one attached hydrogen (secondary N) is 2. The predicted octanol–water partition coefficient (Wildman–Crippen LogP) is 5.32. The second kappa shape index (κ2) is 9.14. The molecular weight excluding hydrogens is 456 g/mol. The minimum atomic E-state index is -0.208. The molecule has 3 aromatic rings. The maximum atomic E-state index is 12.5. The molecule has 0 saturated heterocycles. The van der Waals surface area contributed by atoms with E-state index in [9.17, 15) is 9.59 Å². The lowest BCUT2D eigenvalue weighted by atomic mass is 10.1. The molecule has 0 unspecified atom stereocenters. The molecule has 0 saturated carbocycles. The van der Waals surface area contributed by atoms with Crippen LogP contribution in [0.15, 0.2) is 82.9 Å². The third-order valence-electron chi connectivity index (χ3n) is 4.90. The summed E-state index contributed by atoms with van der Waals surface area (Å²) < 4.78 is 2.47. The summed E-state index contributed by atoms with van der Waals surface area (Å²) in [6.07, 6.45) is 7.66. The van der Waals surface area contributed by atoms with Gasteiger partial charge in [0.25, 0.3) is 11.8 Å². The van der Waals surface area contributed by atoms with Crippen LogP contribution in [0.5, 0.6) is 0 Å². The number of hydrogen-bond donors (Lipinski definition) is 2. The Bertz CT molecular complexity index is 1190. The summed E-state index contributed by atoms with van der Waals surface area (Å²) in [5, 5.41) is 10.3. The summed E-state index contributed by atoms with van der Waals surface area (Å²) in [7, 11) is 1.78. The first-order valence-corrected chi connectivity index (χ1v) is 10.7. The lowest BCUT2D eigenvalue weighted by Gasteiger charge is -2.08. The number of halogens is 1.